The highest BCUT2D eigenvalue weighted by atomic mass is 16.3. The summed E-state index contributed by atoms with van der Waals surface area (Å²) in [5.41, 5.74) is 4.41. The number of aliphatic hydroxyl groups is 1. The van der Waals surface area contributed by atoms with Gasteiger partial charge in [-0.1, -0.05) is 24.3 Å². The van der Waals surface area contributed by atoms with Gasteiger partial charge in [0, 0.05) is 31.4 Å². The smallest absolute Gasteiger partial charge is 0.138 e. The van der Waals surface area contributed by atoms with Gasteiger partial charge in [0.2, 0.25) is 0 Å². The van der Waals surface area contributed by atoms with Crippen LogP contribution in [0.2, 0.25) is 0 Å². The molecule has 0 radical (unpaired) electrons. The average Bonchev–Trinajstić information content (AvgIpc) is 2.98. The summed E-state index contributed by atoms with van der Waals surface area (Å²) in [7, 11) is 0. The molecule has 1 heterocycles. The van der Waals surface area contributed by atoms with Crippen molar-refractivity contribution in [3.05, 3.63) is 58.9 Å². The SMILES string of the molecule is Cc1ccc(O)c(CN(CCCO)C2CCc3ccccc32)n1. The molecule has 2 N–H and O–H groups in total. The van der Waals surface area contributed by atoms with Crippen LogP contribution in [0.3, 0.4) is 0 Å². The Morgan fingerprint density at radius 1 is 1.22 bits per heavy atom. The van der Waals surface area contributed by atoms with Crippen molar-refractivity contribution in [1.29, 1.82) is 0 Å². The number of aromatic hydroxyl groups is 1. The molecule has 0 bridgehead atoms. The predicted molar refractivity (Wildman–Crippen MR) is 90.3 cm³/mol. The maximum absolute atomic E-state index is 10.1. The lowest BCUT2D eigenvalue weighted by Gasteiger charge is -2.29. The van der Waals surface area contributed by atoms with E-state index in [-0.39, 0.29) is 12.4 Å². The van der Waals surface area contributed by atoms with E-state index >= 15 is 0 Å². The van der Waals surface area contributed by atoms with Crippen LogP contribution in [-0.2, 0) is 13.0 Å². The molecule has 122 valence electrons. The van der Waals surface area contributed by atoms with E-state index in [1.807, 2.05) is 13.0 Å². The van der Waals surface area contributed by atoms with Gasteiger partial charge in [-0.15, -0.1) is 0 Å². The van der Waals surface area contributed by atoms with Crippen LogP contribution < -0.4 is 0 Å². The molecule has 2 aromatic rings. The summed E-state index contributed by atoms with van der Waals surface area (Å²) in [5.74, 6) is 0.246. The van der Waals surface area contributed by atoms with E-state index in [2.05, 4.69) is 34.1 Å². The van der Waals surface area contributed by atoms with Gasteiger partial charge in [-0.2, -0.15) is 0 Å². The fourth-order valence-corrected chi connectivity index (χ4v) is 3.44. The molecule has 0 fully saturated rings. The first-order valence-corrected chi connectivity index (χ1v) is 8.27. The summed E-state index contributed by atoms with van der Waals surface area (Å²) < 4.78 is 0. The normalized spacial score (nSPS) is 16.7. The monoisotopic (exact) mass is 312 g/mol. The topological polar surface area (TPSA) is 56.6 Å². The third kappa shape index (κ3) is 3.54. The molecule has 1 aliphatic carbocycles. The molecule has 1 aliphatic rings. The molecular weight excluding hydrogens is 288 g/mol. The Labute approximate surface area is 137 Å². The first kappa shape index (κ1) is 16.0. The van der Waals surface area contributed by atoms with Crippen molar-refractivity contribution < 1.29 is 10.2 Å². The lowest BCUT2D eigenvalue weighted by Crippen LogP contribution is -2.29. The zero-order valence-electron chi connectivity index (χ0n) is 13.6. The Balaban J connectivity index is 1.85. The minimum atomic E-state index is 0.179. The van der Waals surface area contributed by atoms with Crippen LogP contribution in [0.25, 0.3) is 0 Å². The Morgan fingerprint density at radius 3 is 2.87 bits per heavy atom. The highest BCUT2D eigenvalue weighted by molar-refractivity contribution is 5.35. The second-order valence-electron chi connectivity index (χ2n) is 6.22. The molecule has 0 amide bonds. The van der Waals surface area contributed by atoms with E-state index in [1.165, 1.54) is 11.1 Å². The number of pyridine rings is 1. The van der Waals surface area contributed by atoms with Crippen molar-refractivity contribution in [3.8, 4) is 5.75 Å². The van der Waals surface area contributed by atoms with Gasteiger partial charge in [-0.05, 0) is 49.4 Å². The van der Waals surface area contributed by atoms with Crippen molar-refractivity contribution in [1.82, 2.24) is 9.88 Å². The molecule has 1 aromatic carbocycles. The number of aromatic nitrogens is 1. The molecule has 1 unspecified atom stereocenters. The minimum Gasteiger partial charge on any atom is -0.506 e. The second-order valence-corrected chi connectivity index (χ2v) is 6.22. The number of rotatable bonds is 6. The van der Waals surface area contributed by atoms with Crippen molar-refractivity contribution in [2.75, 3.05) is 13.2 Å². The minimum absolute atomic E-state index is 0.179. The fraction of sp³-hybridized carbons (Fsp3) is 0.421. The quantitative estimate of drug-likeness (QED) is 0.861. The lowest BCUT2D eigenvalue weighted by molar-refractivity contribution is 0.162. The van der Waals surface area contributed by atoms with E-state index in [1.54, 1.807) is 6.07 Å². The van der Waals surface area contributed by atoms with Crippen LogP contribution in [-0.4, -0.2) is 33.2 Å². The van der Waals surface area contributed by atoms with Gasteiger partial charge in [0.25, 0.3) is 0 Å². The molecule has 0 aliphatic heterocycles. The molecule has 23 heavy (non-hydrogen) atoms. The van der Waals surface area contributed by atoms with E-state index in [4.69, 9.17) is 0 Å². The van der Waals surface area contributed by atoms with Crippen LogP contribution in [0.4, 0.5) is 0 Å². The van der Waals surface area contributed by atoms with E-state index in [0.717, 1.165) is 31.5 Å². The van der Waals surface area contributed by atoms with Crippen molar-refractivity contribution in [2.45, 2.75) is 38.8 Å². The lowest BCUT2D eigenvalue weighted by atomic mass is 10.1. The second kappa shape index (κ2) is 7.11. The third-order valence-electron chi connectivity index (χ3n) is 4.59. The molecule has 1 aromatic heterocycles. The molecule has 4 heteroatoms. The molecule has 0 spiro atoms. The molecule has 1 atom stereocenters. The number of hydrogen-bond acceptors (Lipinski definition) is 4. The van der Waals surface area contributed by atoms with Crippen LogP contribution >= 0.6 is 0 Å². The average molecular weight is 312 g/mol. The van der Waals surface area contributed by atoms with Gasteiger partial charge < -0.3 is 10.2 Å². The number of benzene rings is 1. The van der Waals surface area contributed by atoms with Crippen molar-refractivity contribution in [3.63, 3.8) is 0 Å². The summed E-state index contributed by atoms with van der Waals surface area (Å²) in [6.07, 6.45) is 2.90. The maximum Gasteiger partial charge on any atom is 0.138 e. The summed E-state index contributed by atoms with van der Waals surface area (Å²) in [4.78, 5) is 6.83. The van der Waals surface area contributed by atoms with Crippen LogP contribution in [0.15, 0.2) is 36.4 Å². The van der Waals surface area contributed by atoms with Crippen LogP contribution in [0.1, 0.15) is 41.4 Å². The largest absolute Gasteiger partial charge is 0.506 e. The Bertz CT molecular complexity index is 672. The zero-order valence-corrected chi connectivity index (χ0v) is 13.6. The number of aryl methyl sites for hydroxylation is 2. The highest BCUT2D eigenvalue weighted by Gasteiger charge is 2.28. The van der Waals surface area contributed by atoms with Crippen LogP contribution in [0.5, 0.6) is 5.75 Å². The van der Waals surface area contributed by atoms with Gasteiger partial charge >= 0.3 is 0 Å². The Kier molecular flexibility index (Phi) is 4.94. The van der Waals surface area contributed by atoms with Gasteiger partial charge in [0.05, 0.1) is 5.69 Å². The summed E-state index contributed by atoms with van der Waals surface area (Å²) in [6, 6.07) is 12.4. The van der Waals surface area contributed by atoms with Crippen molar-refractivity contribution >= 4 is 0 Å². The highest BCUT2D eigenvalue weighted by Crippen LogP contribution is 2.36. The first-order chi connectivity index (χ1) is 11.2. The zero-order chi connectivity index (χ0) is 16.2. The fourth-order valence-electron chi connectivity index (χ4n) is 3.44. The number of nitrogens with zero attached hydrogens (tertiary/aromatic N) is 2. The van der Waals surface area contributed by atoms with Crippen LogP contribution in [0, 0.1) is 6.92 Å². The molecule has 4 nitrogen and oxygen atoms in total. The standard InChI is InChI=1S/C19H24N2O2/c1-14-7-10-19(23)17(20-14)13-21(11-4-12-22)18-9-8-15-5-2-3-6-16(15)18/h2-3,5-7,10,18,22-23H,4,8-9,11-13H2,1H3. The molecule has 3 rings (SSSR count). The number of aliphatic hydroxyl groups excluding tert-OH is 1. The van der Waals surface area contributed by atoms with Crippen molar-refractivity contribution in [2.24, 2.45) is 0 Å². The molecule has 0 saturated carbocycles. The van der Waals surface area contributed by atoms with Gasteiger partial charge in [0.1, 0.15) is 5.75 Å². The van der Waals surface area contributed by atoms with E-state index < -0.39 is 0 Å². The Hall–Kier alpha value is -1.91. The summed E-state index contributed by atoms with van der Waals surface area (Å²) in [5, 5.41) is 19.3. The molecule has 0 saturated heterocycles. The third-order valence-corrected chi connectivity index (χ3v) is 4.59. The first-order valence-electron chi connectivity index (χ1n) is 8.27. The number of fused-ring (bicyclic) bond motifs is 1. The van der Waals surface area contributed by atoms with Gasteiger partial charge in [-0.25, -0.2) is 0 Å². The summed E-state index contributed by atoms with van der Waals surface area (Å²) >= 11 is 0. The predicted octanol–water partition coefficient (Wildman–Crippen LogP) is 2.97. The maximum atomic E-state index is 10.1. The van der Waals surface area contributed by atoms with Gasteiger partial charge in [0.15, 0.2) is 0 Å². The Morgan fingerprint density at radius 2 is 2.04 bits per heavy atom. The van der Waals surface area contributed by atoms with E-state index in [0.29, 0.717) is 18.3 Å². The summed E-state index contributed by atoms with van der Waals surface area (Å²) in [6.45, 7) is 3.51. The number of hydrogen-bond donors (Lipinski definition) is 2. The van der Waals surface area contributed by atoms with Gasteiger partial charge in [-0.3, -0.25) is 9.88 Å². The van der Waals surface area contributed by atoms with E-state index in [9.17, 15) is 10.2 Å². The molecular formula is C19H24N2O2.